The summed E-state index contributed by atoms with van der Waals surface area (Å²) in [5.41, 5.74) is 0.730. The third-order valence-corrected chi connectivity index (χ3v) is 12.1. The minimum absolute atomic E-state index is 0.0336. The molecule has 2 bridgehead atoms. The number of fused-ring (bicyclic) bond motifs is 3. The highest BCUT2D eigenvalue weighted by Crippen LogP contribution is 2.50. The van der Waals surface area contributed by atoms with Crippen LogP contribution in [0.1, 0.15) is 80.6 Å². The molecular weight excluding hydrogens is 670 g/mol. The predicted octanol–water partition coefficient (Wildman–Crippen LogP) is 5.94. The molecule has 0 aliphatic heterocycles. The summed E-state index contributed by atoms with van der Waals surface area (Å²) in [5, 5.41) is 36.9. The number of aromatic hydroxyl groups is 1. The Morgan fingerprint density at radius 3 is 2.53 bits per heavy atom. The second-order valence-corrected chi connectivity index (χ2v) is 15.4. The van der Waals surface area contributed by atoms with Crippen LogP contribution in [0.5, 0.6) is 11.5 Å². The highest BCUT2D eigenvalue weighted by atomic mass is 16.6. The van der Waals surface area contributed by atoms with Gasteiger partial charge in [-0.05, 0) is 92.4 Å². The van der Waals surface area contributed by atoms with Crippen molar-refractivity contribution in [2.45, 2.75) is 88.2 Å². The Balaban J connectivity index is 0.856. The number of aromatic amines is 1. The second kappa shape index (κ2) is 16.4. The van der Waals surface area contributed by atoms with Gasteiger partial charge >= 0.3 is 5.97 Å². The van der Waals surface area contributed by atoms with Gasteiger partial charge in [-0.15, -0.1) is 0 Å². The SMILES string of the molecule is CN(CCCOc1ccc(CNC[C@H](O)c2ccc(O)c3[nH]c(=O)ccc23)cc1)C1C2CCC1C(OC(=O)[C@](O)(c1ccccc1)C1CCCCC1)C2. The molecule has 3 aliphatic carbocycles. The number of carbonyl (C=O) groups excluding carboxylic acids is 1. The van der Waals surface area contributed by atoms with Gasteiger partial charge in [-0.2, -0.15) is 0 Å². The summed E-state index contributed by atoms with van der Waals surface area (Å²) >= 11 is 0. The molecule has 0 saturated heterocycles. The van der Waals surface area contributed by atoms with Gasteiger partial charge < -0.3 is 40.0 Å². The molecule has 10 nitrogen and oxygen atoms in total. The van der Waals surface area contributed by atoms with Crippen LogP contribution >= 0.6 is 0 Å². The van der Waals surface area contributed by atoms with E-state index in [1.807, 2.05) is 54.6 Å². The van der Waals surface area contributed by atoms with Gasteiger partial charge in [0.2, 0.25) is 5.56 Å². The number of aliphatic hydroxyl groups is 2. The van der Waals surface area contributed by atoms with Crippen molar-refractivity contribution in [1.29, 1.82) is 0 Å². The Morgan fingerprint density at radius 1 is 0.981 bits per heavy atom. The molecular formula is C43H53N3O7. The summed E-state index contributed by atoms with van der Waals surface area (Å²) < 4.78 is 12.4. The molecule has 4 unspecified atom stereocenters. The van der Waals surface area contributed by atoms with Crippen LogP contribution in [-0.2, 0) is 21.7 Å². The third kappa shape index (κ3) is 8.01. The Bertz CT molecular complexity index is 1890. The Labute approximate surface area is 311 Å². The first kappa shape index (κ1) is 37.1. The minimum Gasteiger partial charge on any atom is -0.506 e. The number of hydrogen-bond acceptors (Lipinski definition) is 9. The molecule has 6 atom stereocenters. The Hall–Kier alpha value is -4.22. The van der Waals surface area contributed by atoms with E-state index in [1.165, 1.54) is 12.1 Å². The molecule has 1 heterocycles. The quantitative estimate of drug-likeness (QED) is 0.0744. The van der Waals surface area contributed by atoms with Crippen molar-refractivity contribution < 1.29 is 29.6 Å². The van der Waals surface area contributed by atoms with Crippen LogP contribution in [0.15, 0.2) is 83.7 Å². The number of nitrogens with one attached hydrogen (secondary N) is 2. The Kier molecular flexibility index (Phi) is 11.5. The average Bonchev–Trinajstić information content (AvgIpc) is 3.76. The number of carbonyl (C=O) groups is 1. The highest BCUT2D eigenvalue weighted by Gasteiger charge is 2.54. The summed E-state index contributed by atoms with van der Waals surface area (Å²) in [7, 11) is 2.17. The monoisotopic (exact) mass is 723 g/mol. The summed E-state index contributed by atoms with van der Waals surface area (Å²) in [6.07, 6.45) is 7.80. The van der Waals surface area contributed by atoms with Gasteiger partial charge in [0, 0.05) is 49.0 Å². The van der Waals surface area contributed by atoms with Crippen molar-refractivity contribution in [2.24, 2.45) is 17.8 Å². The second-order valence-electron chi connectivity index (χ2n) is 15.4. The lowest BCUT2D eigenvalue weighted by atomic mass is 9.73. The van der Waals surface area contributed by atoms with Crippen molar-refractivity contribution in [3.8, 4) is 11.5 Å². The molecule has 3 aromatic carbocycles. The van der Waals surface area contributed by atoms with Gasteiger partial charge in [0.05, 0.1) is 18.2 Å². The molecule has 1 aromatic heterocycles. The summed E-state index contributed by atoms with van der Waals surface area (Å²) in [4.78, 5) is 30.7. The number of nitrogens with zero attached hydrogens (tertiary/aromatic N) is 1. The molecule has 3 aliphatic rings. The number of phenols is 1. The molecule has 4 aromatic rings. The van der Waals surface area contributed by atoms with E-state index in [-0.39, 0.29) is 29.2 Å². The molecule has 10 heteroatoms. The van der Waals surface area contributed by atoms with E-state index in [0.717, 1.165) is 75.6 Å². The zero-order valence-electron chi connectivity index (χ0n) is 30.6. The van der Waals surface area contributed by atoms with Crippen molar-refractivity contribution >= 4 is 16.9 Å². The molecule has 0 spiro atoms. The van der Waals surface area contributed by atoms with Gasteiger partial charge in [0.15, 0.2) is 5.60 Å². The molecule has 7 rings (SSSR count). The summed E-state index contributed by atoms with van der Waals surface area (Å²) in [6, 6.07) is 23.9. The topological polar surface area (TPSA) is 144 Å². The number of ether oxygens (including phenoxy) is 2. The lowest BCUT2D eigenvalue weighted by Gasteiger charge is -2.38. The maximum absolute atomic E-state index is 13.9. The van der Waals surface area contributed by atoms with E-state index in [2.05, 4.69) is 22.2 Å². The number of rotatable bonds is 15. The molecule has 5 N–H and O–H groups in total. The fourth-order valence-electron chi connectivity index (χ4n) is 9.39. The lowest BCUT2D eigenvalue weighted by molar-refractivity contribution is -0.184. The first-order valence-electron chi connectivity index (χ1n) is 19.4. The number of phenolic OH excluding ortho intramolecular Hbond substituents is 1. The summed E-state index contributed by atoms with van der Waals surface area (Å²) in [6.45, 7) is 2.32. The third-order valence-electron chi connectivity index (χ3n) is 12.1. The lowest BCUT2D eigenvalue weighted by Crippen LogP contribution is -2.47. The number of pyridine rings is 1. The van der Waals surface area contributed by atoms with Crippen molar-refractivity contribution in [3.63, 3.8) is 0 Å². The Morgan fingerprint density at radius 2 is 1.75 bits per heavy atom. The van der Waals surface area contributed by atoms with E-state index < -0.39 is 17.7 Å². The number of hydrogen-bond donors (Lipinski definition) is 5. The van der Waals surface area contributed by atoms with Crippen molar-refractivity contribution in [2.75, 3.05) is 26.7 Å². The standard InChI is InChI=1S/C43H53N3O7/c1-46(41-29-15-18-35(41)38(25-29)53-42(50)43(51,30-9-4-2-5-10-30)31-11-6-3-7-12-31)23-8-24-52-32-16-13-28(14-17-32)26-44-27-37(48)33-19-21-36(47)40-34(33)20-22-39(49)45-40/h2,4-5,9-10,13-14,16-17,19-22,29,31,35,37-38,41,44,47-48,51H,3,6-8,11-12,15,18,23-27H2,1H3,(H,45,49)/t29?,35?,37-,38?,41?,43-/m0/s1. The van der Waals surface area contributed by atoms with E-state index in [1.54, 1.807) is 12.1 Å². The largest absolute Gasteiger partial charge is 0.506 e. The number of benzene rings is 3. The fraction of sp³-hybridized carbons (Fsp3) is 0.488. The molecule has 0 amide bonds. The van der Waals surface area contributed by atoms with Gasteiger partial charge in [-0.3, -0.25) is 4.79 Å². The zero-order chi connectivity index (χ0) is 37.0. The molecule has 3 saturated carbocycles. The van der Waals surface area contributed by atoms with Crippen LogP contribution < -0.4 is 15.6 Å². The van der Waals surface area contributed by atoms with Crippen molar-refractivity contribution in [3.05, 3.63) is 106 Å². The van der Waals surface area contributed by atoms with Gasteiger partial charge in [-0.25, -0.2) is 4.79 Å². The maximum atomic E-state index is 13.9. The normalized spacial score (nSPS) is 23.2. The molecule has 282 valence electrons. The average molecular weight is 724 g/mol. The number of H-pyrrole nitrogens is 1. The molecule has 0 radical (unpaired) electrons. The van der Waals surface area contributed by atoms with Crippen molar-refractivity contribution in [1.82, 2.24) is 15.2 Å². The highest BCUT2D eigenvalue weighted by molar-refractivity contribution is 5.87. The summed E-state index contributed by atoms with van der Waals surface area (Å²) in [5.74, 6) is 0.937. The zero-order valence-corrected chi connectivity index (χ0v) is 30.6. The van der Waals surface area contributed by atoms with Crippen LogP contribution in [0.3, 0.4) is 0 Å². The van der Waals surface area contributed by atoms with Crippen LogP contribution in [0.4, 0.5) is 0 Å². The minimum atomic E-state index is -1.60. The van der Waals surface area contributed by atoms with Gasteiger partial charge in [0.1, 0.15) is 17.6 Å². The fourth-order valence-corrected chi connectivity index (χ4v) is 9.39. The smallest absolute Gasteiger partial charge is 0.343 e. The number of esters is 1. The van der Waals surface area contributed by atoms with Crippen LogP contribution in [0, 0.1) is 17.8 Å². The first-order chi connectivity index (χ1) is 25.7. The molecule has 3 fully saturated rings. The van der Waals surface area contributed by atoms with Gasteiger partial charge in [0.25, 0.3) is 0 Å². The number of aliphatic hydroxyl groups excluding tert-OH is 1. The van der Waals surface area contributed by atoms with Crippen LogP contribution in [0.2, 0.25) is 0 Å². The van der Waals surface area contributed by atoms with Crippen LogP contribution in [0.25, 0.3) is 10.9 Å². The molecule has 53 heavy (non-hydrogen) atoms. The van der Waals surface area contributed by atoms with E-state index in [0.29, 0.717) is 53.7 Å². The maximum Gasteiger partial charge on any atom is 0.343 e. The predicted molar refractivity (Wildman–Crippen MR) is 203 cm³/mol. The van der Waals surface area contributed by atoms with E-state index in [9.17, 15) is 24.9 Å². The first-order valence-corrected chi connectivity index (χ1v) is 19.4. The van der Waals surface area contributed by atoms with Gasteiger partial charge in [-0.1, -0.05) is 67.8 Å². The number of aromatic nitrogens is 1. The van der Waals surface area contributed by atoms with E-state index >= 15 is 0 Å². The van der Waals surface area contributed by atoms with E-state index in [4.69, 9.17) is 9.47 Å². The van der Waals surface area contributed by atoms with Crippen LogP contribution in [-0.4, -0.2) is 70.1 Å².